The second-order valence-electron chi connectivity index (χ2n) is 3.85. The van der Waals surface area contributed by atoms with Gasteiger partial charge in [0.15, 0.2) is 0 Å². The molecule has 16 heavy (non-hydrogen) atoms. The van der Waals surface area contributed by atoms with E-state index in [9.17, 15) is 0 Å². The van der Waals surface area contributed by atoms with Gasteiger partial charge in [-0.3, -0.25) is 0 Å². The highest BCUT2D eigenvalue weighted by molar-refractivity contribution is 4.68. The van der Waals surface area contributed by atoms with Gasteiger partial charge in [-0.15, -0.1) is 0 Å². The lowest BCUT2D eigenvalue weighted by molar-refractivity contribution is -0.696. The van der Waals surface area contributed by atoms with Crippen molar-refractivity contribution in [2.75, 3.05) is 13.7 Å². The number of unbranched alkanes of at least 4 members (excludes halogenated alkanes) is 3. The van der Waals surface area contributed by atoms with Crippen molar-refractivity contribution in [1.29, 1.82) is 5.26 Å². The van der Waals surface area contributed by atoms with Gasteiger partial charge < -0.3 is 4.74 Å². The zero-order valence-electron chi connectivity index (χ0n) is 9.93. The van der Waals surface area contributed by atoms with Crippen molar-refractivity contribution in [2.45, 2.75) is 38.8 Å². The van der Waals surface area contributed by atoms with E-state index in [0.717, 1.165) is 39.0 Å². The molecule has 0 radical (unpaired) electrons. The molecule has 0 aliphatic heterocycles. The Morgan fingerprint density at radius 1 is 1.38 bits per heavy atom. The van der Waals surface area contributed by atoms with Gasteiger partial charge in [-0.05, 0) is 19.3 Å². The average Bonchev–Trinajstić information content (AvgIpc) is 2.74. The lowest BCUT2D eigenvalue weighted by Gasteiger charge is -1.96. The minimum Gasteiger partial charge on any atom is -0.381 e. The van der Waals surface area contributed by atoms with E-state index in [1.54, 1.807) is 7.11 Å². The van der Waals surface area contributed by atoms with E-state index in [4.69, 9.17) is 10.00 Å². The number of nitrogens with zero attached hydrogens (tertiary/aromatic N) is 3. The van der Waals surface area contributed by atoms with Gasteiger partial charge in [0.25, 0.3) is 0 Å². The topological polar surface area (TPSA) is 41.8 Å². The molecule has 0 bridgehead atoms. The number of aryl methyl sites for hydroxylation is 1. The van der Waals surface area contributed by atoms with Crippen molar-refractivity contribution in [1.82, 2.24) is 4.57 Å². The Morgan fingerprint density at radius 2 is 2.25 bits per heavy atom. The molecule has 0 aliphatic rings. The van der Waals surface area contributed by atoms with E-state index in [-0.39, 0.29) is 0 Å². The molecule has 0 unspecified atom stereocenters. The molecule has 1 rings (SSSR count). The zero-order valence-corrected chi connectivity index (χ0v) is 9.93. The van der Waals surface area contributed by atoms with E-state index in [1.165, 1.54) is 0 Å². The molecule has 0 fully saturated rings. The lowest BCUT2D eigenvalue weighted by atomic mass is 10.2. The van der Waals surface area contributed by atoms with Crippen LogP contribution >= 0.6 is 0 Å². The summed E-state index contributed by atoms with van der Waals surface area (Å²) in [5, 5.41) is 8.40. The second-order valence-corrected chi connectivity index (χ2v) is 3.85. The molecule has 4 heteroatoms. The molecule has 0 saturated carbocycles. The molecule has 0 atom stereocenters. The summed E-state index contributed by atoms with van der Waals surface area (Å²) in [4.78, 5) is 0. The molecule has 0 saturated heterocycles. The molecule has 0 spiro atoms. The Balaban J connectivity index is 2.17. The third kappa shape index (κ3) is 4.94. The molecule has 0 aliphatic carbocycles. The largest absolute Gasteiger partial charge is 0.381 e. The fourth-order valence-corrected chi connectivity index (χ4v) is 1.58. The van der Waals surface area contributed by atoms with Gasteiger partial charge in [-0.25, -0.2) is 9.13 Å². The highest BCUT2D eigenvalue weighted by Gasteiger charge is 2.02. The maximum atomic E-state index is 8.40. The summed E-state index contributed by atoms with van der Waals surface area (Å²) in [5.74, 6) is 0. The summed E-state index contributed by atoms with van der Waals surface area (Å²) >= 11 is 0. The van der Waals surface area contributed by atoms with Crippen LogP contribution in [0.15, 0.2) is 18.7 Å². The summed E-state index contributed by atoms with van der Waals surface area (Å²) in [7, 11) is 1.72. The van der Waals surface area contributed by atoms with E-state index in [2.05, 4.69) is 33.9 Å². The normalized spacial score (nSPS) is 10.2. The molecule has 4 nitrogen and oxygen atoms in total. The monoisotopic (exact) mass is 222 g/mol. The highest BCUT2D eigenvalue weighted by atomic mass is 16.5. The lowest BCUT2D eigenvalue weighted by Crippen LogP contribution is -2.31. The Morgan fingerprint density at radius 3 is 3.00 bits per heavy atom. The van der Waals surface area contributed by atoms with Crippen molar-refractivity contribution in [3.05, 3.63) is 18.7 Å². The van der Waals surface area contributed by atoms with Crippen LogP contribution in [0.3, 0.4) is 0 Å². The van der Waals surface area contributed by atoms with Crippen LogP contribution in [0.25, 0.3) is 0 Å². The fraction of sp³-hybridized carbons (Fsp3) is 0.667. The minimum atomic E-state index is 0.680. The van der Waals surface area contributed by atoms with Crippen molar-refractivity contribution >= 4 is 0 Å². The summed E-state index contributed by atoms with van der Waals surface area (Å²) in [5.41, 5.74) is 0. The standard InChI is InChI=1S/C12H20N3O/c1-16-11-10-15-9-8-14(12-15)7-5-3-2-4-6-13/h8-9,12H,2-5,7,10-11H2,1H3/q+1. The Labute approximate surface area is 97.1 Å². The number of aromatic nitrogens is 2. The Kier molecular flexibility index (Phi) is 6.28. The number of nitriles is 1. The quantitative estimate of drug-likeness (QED) is 0.494. The van der Waals surface area contributed by atoms with E-state index in [0.29, 0.717) is 6.42 Å². The van der Waals surface area contributed by atoms with E-state index >= 15 is 0 Å². The third-order valence-electron chi connectivity index (χ3n) is 2.50. The molecular formula is C12H20N3O+. The number of rotatable bonds is 8. The van der Waals surface area contributed by atoms with E-state index in [1.807, 2.05) is 0 Å². The van der Waals surface area contributed by atoms with Crippen LogP contribution in [-0.4, -0.2) is 18.3 Å². The second kappa shape index (κ2) is 7.89. The fourth-order valence-electron chi connectivity index (χ4n) is 1.58. The summed E-state index contributed by atoms with van der Waals surface area (Å²) in [6.07, 6.45) is 10.2. The molecule has 1 aromatic rings. The predicted molar refractivity (Wildman–Crippen MR) is 60.6 cm³/mol. The van der Waals surface area contributed by atoms with Crippen molar-refractivity contribution in [2.24, 2.45) is 0 Å². The molecule has 0 aromatic carbocycles. The first-order valence-electron chi connectivity index (χ1n) is 5.77. The Hall–Kier alpha value is -1.34. The molecule has 88 valence electrons. The first kappa shape index (κ1) is 12.7. The van der Waals surface area contributed by atoms with Crippen LogP contribution < -0.4 is 4.57 Å². The number of methoxy groups -OCH3 is 1. The number of hydrogen-bond donors (Lipinski definition) is 0. The maximum absolute atomic E-state index is 8.40. The van der Waals surface area contributed by atoms with Gasteiger partial charge in [-0.1, -0.05) is 0 Å². The van der Waals surface area contributed by atoms with Gasteiger partial charge in [0.1, 0.15) is 18.9 Å². The van der Waals surface area contributed by atoms with Gasteiger partial charge in [0.2, 0.25) is 6.33 Å². The van der Waals surface area contributed by atoms with Crippen LogP contribution in [0, 0.1) is 11.3 Å². The molecule has 1 heterocycles. The number of hydrogen-bond acceptors (Lipinski definition) is 2. The smallest absolute Gasteiger partial charge is 0.243 e. The first-order chi connectivity index (χ1) is 7.86. The third-order valence-corrected chi connectivity index (χ3v) is 2.50. The zero-order chi connectivity index (χ0) is 11.6. The van der Waals surface area contributed by atoms with Crippen molar-refractivity contribution in [3.63, 3.8) is 0 Å². The van der Waals surface area contributed by atoms with E-state index < -0.39 is 0 Å². The van der Waals surface area contributed by atoms with Gasteiger partial charge in [0.05, 0.1) is 19.2 Å². The Bertz CT molecular complexity index is 327. The summed E-state index contributed by atoms with van der Waals surface area (Å²) < 4.78 is 9.33. The molecule has 0 N–H and O–H groups in total. The predicted octanol–water partition coefficient (Wildman–Crippen LogP) is 1.51. The van der Waals surface area contributed by atoms with Crippen LogP contribution in [0.5, 0.6) is 0 Å². The minimum absolute atomic E-state index is 0.680. The molecule has 0 amide bonds. The number of ether oxygens (including phenoxy) is 1. The van der Waals surface area contributed by atoms with Gasteiger partial charge >= 0.3 is 0 Å². The highest BCUT2D eigenvalue weighted by Crippen LogP contribution is 1.98. The molecular weight excluding hydrogens is 202 g/mol. The number of imidazole rings is 1. The van der Waals surface area contributed by atoms with Crippen LogP contribution in [-0.2, 0) is 17.8 Å². The first-order valence-corrected chi connectivity index (χ1v) is 5.77. The maximum Gasteiger partial charge on any atom is 0.243 e. The summed E-state index contributed by atoms with van der Waals surface area (Å²) in [6.45, 7) is 2.68. The van der Waals surface area contributed by atoms with Crippen LogP contribution in [0.2, 0.25) is 0 Å². The van der Waals surface area contributed by atoms with Crippen molar-refractivity contribution < 1.29 is 9.30 Å². The van der Waals surface area contributed by atoms with Crippen LogP contribution in [0.4, 0.5) is 0 Å². The molecule has 1 aromatic heterocycles. The van der Waals surface area contributed by atoms with Gasteiger partial charge in [-0.2, -0.15) is 5.26 Å². The van der Waals surface area contributed by atoms with Crippen LogP contribution in [0.1, 0.15) is 25.7 Å². The average molecular weight is 222 g/mol. The van der Waals surface area contributed by atoms with Gasteiger partial charge in [0, 0.05) is 13.5 Å². The SMILES string of the molecule is COCCn1cc[n+](CCCCCC#N)c1. The summed E-state index contributed by atoms with van der Waals surface area (Å²) in [6, 6.07) is 2.17. The van der Waals surface area contributed by atoms with Crippen molar-refractivity contribution in [3.8, 4) is 6.07 Å².